The molecule has 17 heavy (non-hydrogen) atoms. The van der Waals surface area contributed by atoms with E-state index in [-0.39, 0.29) is 16.9 Å². The number of carbonyl (C=O) groups is 2. The van der Waals surface area contributed by atoms with Crippen LogP contribution in [0.4, 0.5) is 0 Å². The second-order valence-corrected chi connectivity index (χ2v) is 6.21. The van der Waals surface area contributed by atoms with Crippen LogP contribution < -0.4 is 0 Å². The Morgan fingerprint density at radius 2 is 1.88 bits per heavy atom. The third kappa shape index (κ3) is 2.73. The Bertz CT molecular complexity index is 539. The summed E-state index contributed by atoms with van der Waals surface area (Å²) < 4.78 is 22.7. The molecule has 0 spiro atoms. The van der Waals surface area contributed by atoms with Crippen molar-refractivity contribution in [2.24, 2.45) is 5.41 Å². The fourth-order valence-electron chi connectivity index (χ4n) is 1.51. The fourth-order valence-corrected chi connectivity index (χ4v) is 2.34. The van der Waals surface area contributed by atoms with Gasteiger partial charge in [-0.1, -0.05) is 0 Å². The Hall–Kier alpha value is -1.63. The van der Waals surface area contributed by atoms with Crippen LogP contribution in [0.1, 0.15) is 13.3 Å². The van der Waals surface area contributed by atoms with Gasteiger partial charge in [0.15, 0.2) is 9.84 Å². The molecular weight excluding hydrogens is 248 g/mol. The van der Waals surface area contributed by atoms with E-state index in [2.05, 4.69) is 0 Å². The van der Waals surface area contributed by atoms with Crippen LogP contribution in [0.25, 0.3) is 0 Å². The molecule has 0 saturated heterocycles. The summed E-state index contributed by atoms with van der Waals surface area (Å²) in [5, 5.41) is 17.9. The number of aliphatic carboxylic acids is 2. The zero-order valence-corrected chi connectivity index (χ0v) is 10.1. The minimum absolute atomic E-state index is 0.224. The van der Waals surface area contributed by atoms with Gasteiger partial charge in [-0.2, -0.15) is 0 Å². The summed E-state index contributed by atoms with van der Waals surface area (Å²) in [6.45, 7) is 1.29. The van der Waals surface area contributed by atoms with Gasteiger partial charge in [0.2, 0.25) is 0 Å². The van der Waals surface area contributed by atoms with Crippen LogP contribution >= 0.6 is 0 Å². The highest BCUT2D eigenvalue weighted by Crippen LogP contribution is 2.35. The van der Waals surface area contributed by atoms with Crippen molar-refractivity contribution in [3.63, 3.8) is 0 Å². The molecule has 0 bridgehead atoms. The van der Waals surface area contributed by atoms with Crippen molar-refractivity contribution >= 4 is 21.8 Å². The zero-order chi connectivity index (χ0) is 13.4. The van der Waals surface area contributed by atoms with Gasteiger partial charge in [-0.15, -0.1) is 0 Å². The van der Waals surface area contributed by atoms with E-state index in [0.717, 1.165) is 18.4 Å². The Morgan fingerprint density at radius 3 is 2.24 bits per heavy atom. The van der Waals surface area contributed by atoms with Gasteiger partial charge in [0, 0.05) is 11.8 Å². The largest absolute Gasteiger partial charge is 0.481 e. The number of hydrogen-bond acceptors (Lipinski definition) is 4. The number of rotatable bonds is 3. The minimum atomic E-state index is -3.64. The third-order valence-corrected chi connectivity index (χ3v) is 3.62. The fraction of sp³-hybridized carbons (Fsp3) is 0.400. The quantitative estimate of drug-likeness (QED) is 0.761. The first kappa shape index (κ1) is 13.4. The molecule has 7 heteroatoms. The zero-order valence-electron chi connectivity index (χ0n) is 9.30. The first-order valence-corrected chi connectivity index (χ1v) is 6.55. The van der Waals surface area contributed by atoms with E-state index in [1.165, 1.54) is 6.92 Å². The van der Waals surface area contributed by atoms with E-state index >= 15 is 0 Å². The van der Waals surface area contributed by atoms with E-state index in [9.17, 15) is 18.0 Å². The lowest BCUT2D eigenvalue weighted by atomic mass is 9.80. The average molecular weight is 260 g/mol. The summed E-state index contributed by atoms with van der Waals surface area (Å²) in [7, 11) is -3.64. The Kier molecular flexibility index (Phi) is 3.15. The second-order valence-electron chi connectivity index (χ2n) is 4.19. The molecule has 0 radical (unpaired) electrons. The predicted molar refractivity (Wildman–Crippen MR) is 59.0 cm³/mol. The number of allylic oxidation sites excluding steroid dienone is 1. The lowest BCUT2D eigenvalue weighted by Crippen LogP contribution is -2.30. The second kappa shape index (κ2) is 3.99. The molecule has 1 rings (SSSR count). The van der Waals surface area contributed by atoms with Crippen molar-refractivity contribution in [1.82, 2.24) is 0 Å². The van der Waals surface area contributed by atoms with Crippen LogP contribution in [0.15, 0.2) is 22.6 Å². The van der Waals surface area contributed by atoms with Gasteiger partial charge in [-0.3, -0.25) is 4.79 Å². The van der Waals surface area contributed by atoms with Gasteiger partial charge < -0.3 is 10.2 Å². The molecule has 94 valence electrons. The number of hydrogen-bond donors (Lipinski definition) is 2. The highest BCUT2D eigenvalue weighted by molar-refractivity contribution is 7.94. The topological polar surface area (TPSA) is 109 Å². The van der Waals surface area contributed by atoms with Crippen molar-refractivity contribution in [2.75, 3.05) is 6.26 Å². The average Bonchev–Trinajstić information content (AvgIpc) is 2.15. The van der Waals surface area contributed by atoms with Gasteiger partial charge in [0.1, 0.15) is 0 Å². The van der Waals surface area contributed by atoms with E-state index in [0.29, 0.717) is 0 Å². The van der Waals surface area contributed by atoms with E-state index in [4.69, 9.17) is 10.2 Å². The van der Waals surface area contributed by atoms with Crippen molar-refractivity contribution in [2.45, 2.75) is 13.3 Å². The molecule has 1 unspecified atom stereocenters. The van der Waals surface area contributed by atoms with Gasteiger partial charge in [0.05, 0.1) is 10.3 Å². The van der Waals surface area contributed by atoms with Gasteiger partial charge in [0.25, 0.3) is 0 Å². The lowest BCUT2D eigenvalue weighted by Gasteiger charge is -2.25. The molecule has 0 aromatic carbocycles. The molecule has 0 fully saturated rings. The van der Waals surface area contributed by atoms with Crippen molar-refractivity contribution in [1.29, 1.82) is 0 Å². The first-order chi connectivity index (χ1) is 7.56. The number of carboxylic acid groups (broad SMARTS) is 2. The number of sulfone groups is 1. The highest BCUT2D eigenvalue weighted by Gasteiger charge is 2.38. The number of carboxylic acids is 2. The SMILES string of the molecule is CC1(C(=O)O)C=C(S(C)(=O)=O)C=C(C(=O)O)C1. The normalized spacial score (nSPS) is 24.8. The van der Waals surface area contributed by atoms with Crippen molar-refractivity contribution < 1.29 is 28.2 Å². The summed E-state index contributed by atoms with van der Waals surface area (Å²) in [6, 6.07) is 0. The molecule has 1 aliphatic carbocycles. The van der Waals surface area contributed by atoms with Crippen LogP contribution in [-0.4, -0.2) is 36.8 Å². The maximum atomic E-state index is 11.4. The minimum Gasteiger partial charge on any atom is -0.481 e. The molecule has 1 atom stereocenters. The maximum Gasteiger partial charge on any atom is 0.331 e. The van der Waals surface area contributed by atoms with Gasteiger partial charge in [-0.25, -0.2) is 13.2 Å². The van der Waals surface area contributed by atoms with E-state index < -0.39 is 27.2 Å². The van der Waals surface area contributed by atoms with Crippen LogP contribution in [0.5, 0.6) is 0 Å². The monoisotopic (exact) mass is 260 g/mol. The molecular formula is C10H12O6S. The molecule has 0 aromatic rings. The molecule has 0 heterocycles. The molecule has 0 aliphatic heterocycles. The third-order valence-electron chi connectivity index (χ3n) is 2.53. The predicted octanol–water partition coefficient (Wildman–Crippen LogP) is 0.421. The first-order valence-electron chi connectivity index (χ1n) is 4.66. The Labute approximate surface area is 98.2 Å². The molecule has 0 aromatic heterocycles. The van der Waals surface area contributed by atoms with Crippen LogP contribution in [0, 0.1) is 5.41 Å². The van der Waals surface area contributed by atoms with Crippen molar-refractivity contribution in [3.05, 3.63) is 22.6 Å². The lowest BCUT2D eigenvalue weighted by molar-refractivity contribution is -0.145. The molecule has 1 aliphatic rings. The molecule has 2 N–H and O–H groups in total. The van der Waals surface area contributed by atoms with Crippen LogP contribution in [-0.2, 0) is 19.4 Å². The molecule has 6 nitrogen and oxygen atoms in total. The standard InChI is InChI=1S/C10H12O6S/c1-10(9(13)14)4-6(8(11)12)3-7(5-10)17(2,15)16/h3,5H,4H2,1-2H3,(H,11,12)(H,13,14). The van der Waals surface area contributed by atoms with Gasteiger partial charge in [-0.05, 0) is 25.5 Å². The van der Waals surface area contributed by atoms with Crippen LogP contribution in [0.3, 0.4) is 0 Å². The Balaban J connectivity index is 3.41. The van der Waals surface area contributed by atoms with Gasteiger partial charge >= 0.3 is 11.9 Å². The summed E-state index contributed by atoms with van der Waals surface area (Å²) in [5.41, 5.74) is -1.74. The maximum absolute atomic E-state index is 11.4. The Morgan fingerprint density at radius 1 is 1.35 bits per heavy atom. The summed E-state index contributed by atoms with van der Waals surface area (Å²) in [4.78, 5) is 21.6. The molecule has 0 amide bonds. The summed E-state index contributed by atoms with van der Waals surface area (Å²) in [5.74, 6) is -2.57. The highest BCUT2D eigenvalue weighted by atomic mass is 32.2. The summed E-state index contributed by atoms with van der Waals surface area (Å²) in [6.07, 6.45) is 2.75. The smallest absolute Gasteiger partial charge is 0.331 e. The van der Waals surface area contributed by atoms with Crippen molar-refractivity contribution in [3.8, 4) is 0 Å². The van der Waals surface area contributed by atoms with Crippen LogP contribution in [0.2, 0.25) is 0 Å². The molecule has 0 saturated carbocycles. The summed E-state index contributed by atoms with van der Waals surface area (Å²) >= 11 is 0. The van der Waals surface area contributed by atoms with E-state index in [1.807, 2.05) is 0 Å². The van der Waals surface area contributed by atoms with E-state index in [1.54, 1.807) is 0 Å².